The van der Waals surface area contributed by atoms with Gasteiger partial charge in [-0.3, -0.25) is 19.8 Å². The summed E-state index contributed by atoms with van der Waals surface area (Å²) in [7, 11) is 0. The molecule has 2 heterocycles. The van der Waals surface area contributed by atoms with E-state index in [1.807, 2.05) is 26.0 Å². The Morgan fingerprint density at radius 1 is 0.889 bits per heavy atom. The lowest BCUT2D eigenvalue weighted by Gasteiger charge is -2.14. The van der Waals surface area contributed by atoms with E-state index in [2.05, 4.69) is 16.1 Å². The van der Waals surface area contributed by atoms with E-state index in [0.717, 1.165) is 11.1 Å². The van der Waals surface area contributed by atoms with Crippen LogP contribution in [0.2, 0.25) is 5.02 Å². The van der Waals surface area contributed by atoms with Gasteiger partial charge in [-0.1, -0.05) is 23.7 Å². The third kappa shape index (κ3) is 4.44. The Labute approximate surface area is 210 Å². The predicted octanol–water partition coefficient (Wildman–Crippen LogP) is 4.60. The number of amides is 3. The molecule has 9 nitrogen and oxygen atoms in total. The van der Waals surface area contributed by atoms with Crippen LogP contribution in [0.4, 0.5) is 11.4 Å². The van der Waals surface area contributed by atoms with E-state index in [9.17, 15) is 14.4 Å². The molecule has 3 N–H and O–H groups in total. The molecule has 0 atom stereocenters. The molecule has 182 valence electrons. The molecule has 1 aliphatic heterocycles. The van der Waals surface area contributed by atoms with Gasteiger partial charge < -0.3 is 20.1 Å². The van der Waals surface area contributed by atoms with Gasteiger partial charge in [0.25, 0.3) is 5.91 Å². The molecule has 5 rings (SSSR count). The van der Waals surface area contributed by atoms with Crippen LogP contribution >= 0.6 is 11.6 Å². The van der Waals surface area contributed by atoms with Crippen LogP contribution in [0.15, 0.2) is 60.7 Å². The number of aromatic nitrogens is 1. The zero-order valence-corrected chi connectivity index (χ0v) is 20.1. The smallest absolute Gasteiger partial charge is 0.328 e. The lowest BCUT2D eigenvalue weighted by Crippen LogP contribution is -2.36. The molecule has 36 heavy (non-hydrogen) atoms. The number of ether oxygens (including phenoxy) is 2. The van der Waals surface area contributed by atoms with Crippen LogP contribution in [0.3, 0.4) is 0 Å². The van der Waals surface area contributed by atoms with Crippen molar-refractivity contribution >= 4 is 51.6 Å². The molecule has 0 saturated carbocycles. The van der Waals surface area contributed by atoms with Crippen LogP contribution in [-0.2, 0) is 9.59 Å². The first-order valence-electron chi connectivity index (χ1n) is 11.0. The zero-order valence-electron chi connectivity index (χ0n) is 19.3. The fraction of sp³-hybridized carbons (Fsp3) is 0.115. The minimum absolute atomic E-state index is 0.0881. The highest BCUT2D eigenvalue weighted by atomic mass is 35.5. The highest BCUT2D eigenvalue weighted by Crippen LogP contribution is 2.34. The minimum Gasteiger partial charge on any atom is -0.454 e. The largest absolute Gasteiger partial charge is 0.454 e. The SMILES string of the molecule is Cc1cccc(NC(=O)c2cc3cc(Cl)ccc3n2NC(=O)C(=O)Nc2ccc3c(c2)OCO3)c1C. The molecule has 0 aliphatic carbocycles. The zero-order chi connectivity index (χ0) is 25.4. The fourth-order valence-electron chi connectivity index (χ4n) is 3.86. The molecule has 10 heteroatoms. The number of hydrogen-bond acceptors (Lipinski definition) is 5. The molecular formula is C26H21ClN4O5. The number of carbonyl (C=O) groups excluding carboxylic acids is 3. The van der Waals surface area contributed by atoms with Crippen molar-refractivity contribution in [2.24, 2.45) is 0 Å². The summed E-state index contributed by atoms with van der Waals surface area (Å²) >= 11 is 6.13. The van der Waals surface area contributed by atoms with Gasteiger partial charge in [0, 0.05) is 27.8 Å². The number of aryl methyl sites for hydroxylation is 1. The number of nitrogens with zero attached hydrogens (tertiary/aromatic N) is 1. The van der Waals surface area contributed by atoms with Gasteiger partial charge in [-0.2, -0.15) is 0 Å². The Balaban J connectivity index is 1.42. The summed E-state index contributed by atoms with van der Waals surface area (Å²) in [5.41, 5.74) is 6.08. The van der Waals surface area contributed by atoms with E-state index >= 15 is 0 Å². The lowest BCUT2D eigenvalue weighted by molar-refractivity contribution is -0.133. The first kappa shape index (κ1) is 23.3. The number of halogens is 1. The highest BCUT2D eigenvalue weighted by Gasteiger charge is 2.22. The topological polar surface area (TPSA) is 111 Å². The van der Waals surface area contributed by atoms with E-state index in [4.69, 9.17) is 21.1 Å². The molecule has 0 unspecified atom stereocenters. The Hall–Kier alpha value is -4.50. The van der Waals surface area contributed by atoms with Gasteiger partial charge in [0.1, 0.15) is 5.69 Å². The Morgan fingerprint density at radius 2 is 1.69 bits per heavy atom. The molecule has 0 fully saturated rings. The number of fused-ring (bicyclic) bond motifs is 2. The molecule has 1 aliphatic rings. The van der Waals surface area contributed by atoms with Gasteiger partial charge in [0.15, 0.2) is 11.5 Å². The molecule has 0 spiro atoms. The summed E-state index contributed by atoms with van der Waals surface area (Å²) < 4.78 is 11.8. The normalized spacial score (nSPS) is 11.9. The molecule has 0 radical (unpaired) electrons. The number of benzene rings is 3. The summed E-state index contributed by atoms with van der Waals surface area (Å²) in [6, 6.07) is 16.9. The van der Waals surface area contributed by atoms with Crippen LogP contribution in [0.25, 0.3) is 10.9 Å². The van der Waals surface area contributed by atoms with Crippen LogP contribution in [0.1, 0.15) is 21.6 Å². The average Bonchev–Trinajstić information content (AvgIpc) is 3.46. The lowest BCUT2D eigenvalue weighted by atomic mass is 10.1. The second-order valence-electron chi connectivity index (χ2n) is 8.23. The standard InChI is InChI=1S/C26H21ClN4O5/c1-14-4-3-5-19(15(14)2)29-24(32)21-11-16-10-17(27)6-8-20(16)31(21)30-26(34)25(33)28-18-7-9-22-23(12-18)36-13-35-22/h3-12H,13H2,1-2H3,(H,28,33)(H,29,32)(H,30,34). The van der Waals surface area contributed by atoms with E-state index in [1.54, 1.807) is 48.5 Å². The van der Waals surface area contributed by atoms with Crippen molar-refractivity contribution in [3.8, 4) is 11.5 Å². The van der Waals surface area contributed by atoms with E-state index in [-0.39, 0.29) is 12.5 Å². The Bertz CT molecular complexity index is 1550. The van der Waals surface area contributed by atoms with Crippen molar-refractivity contribution in [3.63, 3.8) is 0 Å². The fourth-order valence-corrected chi connectivity index (χ4v) is 4.04. The van der Waals surface area contributed by atoms with Crippen molar-refractivity contribution in [2.75, 3.05) is 22.9 Å². The van der Waals surface area contributed by atoms with E-state index in [0.29, 0.717) is 38.8 Å². The van der Waals surface area contributed by atoms with Gasteiger partial charge >= 0.3 is 11.8 Å². The summed E-state index contributed by atoms with van der Waals surface area (Å²) in [5.74, 6) is -1.35. The van der Waals surface area contributed by atoms with Crippen molar-refractivity contribution in [1.82, 2.24) is 4.68 Å². The maximum absolute atomic E-state index is 13.3. The number of rotatable bonds is 4. The van der Waals surface area contributed by atoms with Gasteiger partial charge in [-0.05, 0) is 67.4 Å². The van der Waals surface area contributed by atoms with Crippen LogP contribution in [0.5, 0.6) is 11.5 Å². The van der Waals surface area contributed by atoms with Crippen LogP contribution in [-0.4, -0.2) is 29.2 Å². The Kier molecular flexibility index (Phi) is 5.99. The monoisotopic (exact) mass is 504 g/mol. The quantitative estimate of drug-likeness (QED) is 0.352. The summed E-state index contributed by atoms with van der Waals surface area (Å²) in [6.45, 7) is 3.94. The molecule has 0 bridgehead atoms. The van der Waals surface area contributed by atoms with Crippen molar-refractivity contribution in [2.45, 2.75) is 13.8 Å². The molecule has 1 aromatic heterocycles. The molecule has 3 aromatic carbocycles. The highest BCUT2D eigenvalue weighted by molar-refractivity contribution is 6.42. The van der Waals surface area contributed by atoms with Crippen LogP contribution in [0, 0.1) is 13.8 Å². The summed E-state index contributed by atoms with van der Waals surface area (Å²) in [5, 5.41) is 6.48. The molecule has 4 aromatic rings. The van der Waals surface area contributed by atoms with Crippen molar-refractivity contribution in [1.29, 1.82) is 0 Å². The van der Waals surface area contributed by atoms with Gasteiger partial charge in [0.2, 0.25) is 6.79 Å². The van der Waals surface area contributed by atoms with E-state index in [1.165, 1.54) is 4.68 Å². The second-order valence-corrected chi connectivity index (χ2v) is 8.67. The second kappa shape index (κ2) is 9.27. The maximum atomic E-state index is 13.3. The number of nitrogens with one attached hydrogen (secondary N) is 3. The molecule has 3 amide bonds. The number of anilines is 2. The van der Waals surface area contributed by atoms with Gasteiger partial charge in [0.05, 0.1) is 5.52 Å². The maximum Gasteiger partial charge on any atom is 0.328 e. The third-order valence-electron chi connectivity index (χ3n) is 5.90. The van der Waals surface area contributed by atoms with E-state index < -0.39 is 17.7 Å². The molecular weight excluding hydrogens is 484 g/mol. The van der Waals surface area contributed by atoms with Gasteiger partial charge in [-0.15, -0.1) is 0 Å². The molecule has 0 saturated heterocycles. The van der Waals surface area contributed by atoms with Crippen molar-refractivity contribution < 1.29 is 23.9 Å². The van der Waals surface area contributed by atoms with Gasteiger partial charge in [-0.25, -0.2) is 4.68 Å². The van der Waals surface area contributed by atoms with Crippen molar-refractivity contribution in [3.05, 3.63) is 82.5 Å². The Morgan fingerprint density at radius 3 is 2.53 bits per heavy atom. The van der Waals surface area contributed by atoms with Crippen LogP contribution < -0.4 is 25.5 Å². The third-order valence-corrected chi connectivity index (χ3v) is 6.13. The average molecular weight is 505 g/mol. The number of carbonyl (C=O) groups is 3. The summed E-state index contributed by atoms with van der Waals surface area (Å²) in [6.07, 6.45) is 0. The predicted molar refractivity (Wildman–Crippen MR) is 136 cm³/mol. The first-order chi connectivity index (χ1) is 17.3. The number of hydrogen-bond donors (Lipinski definition) is 3. The summed E-state index contributed by atoms with van der Waals surface area (Å²) in [4.78, 5) is 38.7. The minimum atomic E-state index is -0.971. The first-order valence-corrected chi connectivity index (χ1v) is 11.4.